The van der Waals surface area contributed by atoms with E-state index in [0.29, 0.717) is 6.54 Å². The molecule has 1 heterocycles. The lowest BCUT2D eigenvalue weighted by Gasteiger charge is -2.33. The molecule has 0 bridgehead atoms. The van der Waals surface area contributed by atoms with Gasteiger partial charge in [0.15, 0.2) is 0 Å². The average Bonchev–Trinajstić information content (AvgIpc) is 2.58. The average molecular weight is 262 g/mol. The maximum Gasteiger partial charge on any atom is 0.404 e. The Bertz CT molecular complexity index is 387. The lowest BCUT2D eigenvalue weighted by molar-refractivity contribution is 0.178. The van der Waals surface area contributed by atoms with E-state index in [9.17, 15) is 13.2 Å². The first kappa shape index (κ1) is 12.6. The van der Waals surface area contributed by atoms with Gasteiger partial charge in [-0.2, -0.15) is 4.31 Å². The minimum Gasteiger partial charge on any atom is -0.465 e. The van der Waals surface area contributed by atoms with Gasteiger partial charge in [-0.3, -0.25) is 0 Å². The summed E-state index contributed by atoms with van der Waals surface area (Å²) >= 11 is 0. The van der Waals surface area contributed by atoms with Gasteiger partial charge in [-0.15, -0.1) is 0 Å². The van der Waals surface area contributed by atoms with Crippen molar-refractivity contribution in [1.82, 2.24) is 9.62 Å². The third-order valence-electron chi connectivity index (χ3n) is 3.57. The highest BCUT2D eigenvalue weighted by atomic mass is 32.2. The van der Waals surface area contributed by atoms with Crippen LogP contribution in [0.1, 0.15) is 32.1 Å². The van der Waals surface area contributed by atoms with E-state index in [-0.39, 0.29) is 17.8 Å². The Morgan fingerprint density at radius 1 is 1.24 bits per heavy atom. The van der Waals surface area contributed by atoms with E-state index in [1.54, 1.807) is 4.31 Å². The second-order valence-electron chi connectivity index (χ2n) is 4.74. The molecule has 0 spiro atoms. The fraction of sp³-hybridized carbons (Fsp3) is 0.900. The van der Waals surface area contributed by atoms with Crippen molar-refractivity contribution < 1.29 is 18.3 Å². The van der Waals surface area contributed by atoms with Crippen molar-refractivity contribution in [2.45, 2.75) is 44.2 Å². The zero-order valence-electron chi connectivity index (χ0n) is 9.63. The fourth-order valence-electron chi connectivity index (χ4n) is 2.75. The number of hydrogen-bond donors (Lipinski definition) is 2. The summed E-state index contributed by atoms with van der Waals surface area (Å²) in [4.78, 5) is 10.5. The lowest BCUT2D eigenvalue weighted by Crippen LogP contribution is -2.44. The van der Waals surface area contributed by atoms with Gasteiger partial charge in [-0.25, -0.2) is 13.2 Å². The van der Waals surface area contributed by atoms with Crippen molar-refractivity contribution in [3.05, 3.63) is 0 Å². The number of carbonyl (C=O) groups is 1. The first-order chi connectivity index (χ1) is 7.99. The first-order valence-electron chi connectivity index (χ1n) is 5.98. The summed E-state index contributed by atoms with van der Waals surface area (Å²) in [5.74, 6) is 0.264. The van der Waals surface area contributed by atoms with Crippen LogP contribution in [0.3, 0.4) is 0 Å². The third-order valence-corrected chi connectivity index (χ3v) is 5.57. The zero-order chi connectivity index (χ0) is 12.5. The Balaban J connectivity index is 1.89. The summed E-state index contributed by atoms with van der Waals surface area (Å²) in [5.41, 5.74) is 0. The molecule has 1 aliphatic carbocycles. The normalized spacial score (nSPS) is 33.4. The molecule has 1 saturated carbocycles. The van der Waals surface area contributed by atoms with Crippen LogP contribution >= 0.6 is 0 Å². The summed E-state index contributed by atoms with van der Waals surface area (Å²) in [5, 5.41) is 11.1. The molecule has 6 nitrogen and oxygen atoms in total. The SMILES string of the molecule is O=C(O)N[C@H]1CC[C@H](N2CCCS2(=O)=O)CC1. The van der Waals surface area contributed by atoms with E-state index < -0.39 is 16.1 Å². The van der Waals surface area contributed by atoms with Crippen molar-refractivity contribution in [1.29, 1.82) is 0 Å². The number of rotatable bonds is 2. The molecule has 1 amide bonds. The predicted octanol–water partition coefficient (Wildman–Crippen LogP) is 0.601. The second kappa shape index (κ2) is 4.81. The van der Waals surface area contributed by atoms with E-state index >= 15 is 0 Å². The molecule has 98 valence electrons. The van der Waals surface area contributed by atoms with E-state index in [1.165, 1.54) is 0 Å². The second-order valence-corrected chi connectivity index (χ2v) is 6.78. The molecule has 1 saturated heterocycles. The number of hydrogen-bond acceptors (Lipinski definition) is 3. The van der Waals surface area contributed by atoms with Crippen LogP contribution in [0.15, 0.2) is 0 Å². The molecule has 2 rings (SSSR count). The highest BCUT2D eigenvalue weighted by molar-refractivity contribution is 7.89. The summed E-state index contributed by atoms with van der Waals surface area (Å²) in [7, 11) is -3.03. The van der Waals surface area contributed by atoms with E-state index in [2.05, 4.69) is 5.32 Å². The molecule has 0 unspecified atom stereocenters. The van der Waals surface area contributed by atoms with Crippen LogP contribution in [0.5, 0.6) is 0 Å². The Morgan fingerprint density at radius 2 is 1.88 bits per heavy atom. The molecule has 7 heteroatoms. The van der Waals surface area contributed by atoms with Crippen molar-refractivity contribution in [2.75, 3.05) is 12.3 Å². The van der Waals surface area contributed by atoms with Gasteiger partial charge in [0.2, 0.25) is 10.0 Å². The van der Waals surface area contributed by atoms with Crippen molar-refractivity contribution in [2.24, 2.45) is 0 Å². The van der Waals surface area contributed by atoms with E-state index in [4.69, 9.17) is 5.11 Å². The Labute approximate surface area is 101 Å². The zero-order valence-corrected chi connectivity index (χ0v) is 10.4. The summed E-state index contributed by atoms with van der Waals surface area (Å²) in [6.07, 6.45) is 2.68. The minimum atomic E-state index is -3.03. The van der Waals surface area contributed by atoms with Crippen LogP contribution < -0.4 is 5.32 Å². The molecule has 0 atom stereocenters. The van der Waals surface area contributed by atoms with Crippen LogP contribution in [0.4, 0.5) is 4.79 Å². The largest absolute Gasteiger partial charge is 0.465 e. The highest BCUT2D eigenvalue weighted by Gasteiger charge is 2.36. The summed E-state index contributed by atoms with van der Waals surface area (Å²) in [6, 6.07) is 0.0587. The predicted molar refractivity (Wildman–Crippen MR) is 62.3 cm³/mol. The van der Waals surface area contributed by atoms with Crippen LogP contribution in [0, 0.1) is 0 Å². The van der Waals surface area contributed by atoms with Crippen molar-refractivity contribution >= 4 is 16.1 Å². The summed E-state index contributed by atoms with van der Waals surface area (Å²) < 4.78 is 25.1. The lowest BCUT2D eigenvalue weighted by atomic mass is 9.91. The Morgan fingerprint density at radius 3 is 2.35 bits per heavy atom. The maximum atomic E-state index is 11.7. The van der Waals surface area contributed by atoms with Crippen LogP contribution in [-0.2, 0) is 10.0 Å². The highest BCUT2D eigenvalue weighted by Crippen LogP contribution is 2.28. The number of sulfonamides is 1. The first-order valence-corrected chi connectivity index (χ1v) is 7.59. The standard InChI is InChI=1S/C10H18N2O4S/c13-10(14)11-8-2-4-9(5-3-8)12-6-1-7-17(12,15)16/h8-9,11H,1-7H2,(H,13,14)/t8-,9-. The molecule has 0 aromatic carbocycles. The fourth-order valence-corrected chi connectivity index (χ4v) is 4.55. The van der Waals surface area contributed by atoms with E-state index in [0.717, 1.165) is 32.1 Å². The third kappa shape index (κ3) is 2.90. The topological polar surface area (TPSA) is 86.7 Å². The van der Waals surface area contributed by atoms with Gasteiger partial charge in [0.05, 0.1) is 5.75 Å². The Kier molecular flexibility index (Phi) is 3.58. The van der Waals surface area contributed by atoms with Gasteiger partial charge in [-0.05, 0) is 32.1 Å². The minimum absolute atomic E-state index is 0.0194. The van der Waals surface area contributed by atoms with Gasteiger partial charge >= 0.3 is 6.09 Å². The monoisotopic (exact) mass is 262 g/mol. The van der Waals surface area contributed by atoms with Gasteiger partial charge < -0.3 is 10.4 Å². The molecule has 2 fully saturated rings. The van der Waals surface area contributed by atoms with E-state index in [1.807, 2.05) is 0 Å². The molecular formula is C10H18N2O4S. The van der Waals surface area contributed by atoms with Gasteiger partial charge in [0.25, 0.3) is 0 Å². The quantitative estimate of drug-likeness (QED) is 0.763. The molecule has 2 aliphatic rings. The molecule has 0 aromatic rings. The van der Waals surface area contributed by atoms with Crippen molar-refractivity contribution in [3.8, 4) is 0 Å². The Hall–Kier alpha value is -0.820. The molecule has 0 aromatic heterocycles. The van der Waals surface area contributed by atoms with Gasteiger partial charge in [0.1, 0.15) is 0 Å². The van der Waals surface area contributed by atoms with Gasteiger partial charge in [0, 0.05) is 18.6 Å². The van der Waals surface area contributed by atoms with Crippen LogP contribution in [0.25, 0.3) is 0 Å². The number of carboxylic acid groups (broad SMARTS) is 1. The molecule has 1 aliphatic heterocycles. The van der Waals surface area contributed by atoms with Crippen molar-refractivity contribution in [3.63, 3.8) is 0 Å². The van der Waals surface area contributed by atoms with Crippen LogP contribution in [-0.4, -0.2) is 48.3 Å². The number of amides is 1. The summed E-state index contributed by atoms with van der Waals surface area (Å²) in [6.45, 7) is 0.629. The molecule has 2 N–H and O–H groups in total. The smallest absolute Gasteiger partial charge is 0.404 e. The van der Waals surface area contributed by atoms with Gasteiger partial charge in [-0.1, -0.05) is 0 Å². The molecular weight excluding hydrogens is 244 g/mol. The number of nitrogens with one attached hydrogen (secondary N) is 1. The number of nitrogens with zero attached hydrogens (tertiary/aromatic N) is 1. The maximum absolute atomic E-state index is 11.7. The van der Waals surface area contributed by atoms with Crippen LogP contribution in [0.2, 0.25) is 0 Å². The molecule has 17 heavy (non-hydrogen) atoms. The molecule has 0 radical (unpaired) electrons.